The van der Waals surface area contributed by atoms with Crippen LogP contribution in [0.25, 0.3) is 0 Å². The van der Waals surface area contributed by atoms with Crippen molar-refractivity contribution >= 4 is 17.7 Å². The van der Waals surface area contributed by atoms with Crippen LogP contribution in [-0.4, -0.2) is 39.5 Å². The molecule has 2 rings (SSSR count). The molecule has 0 saturated carbocycles. The number of aliphatic hydroxyl groups is 2. The van der Waals surface area contributed by atoms with Crippen molar-refractivity contribution in [2.24, 2.45) is 0 Å². The Hall–Kier alpha value is -1.89. The van der Waals surface area contributed by atoms with Crippen LogP contribution in [0.3, 0.4) is 0 Å². The highest BCUT2D eigenvalue weighted by atomic mass is 32.2. The standard InChI is InChI=1S/C18H22N2O3S/c1-2-24-12-13-6-8-14(9-7-13)18(23)20-16(11-21)17(22)15-5-3-4-10-19-15/h3-10,16-17,21-22H,2,11-12H2,1H3,(H,20,23). The van der Waals surface area contributed by atoms with E-state index >= 15 is 0 Å². The van der Waals surface area contributed by atoms with Gasteiger partial charge in [-0.1, -0.05) is 25.1 Å². The van der Waals surface area contributed by atoms with Gasteiger partial charge in [-0.2, -0.15) is 11.8 Å². The first-order valence-electron chi connectivity index (χ1n) is 7.83. The molecular formula is C18H22N2O3S. The van der Waals surface area contributed by atoms with Crippen molar-refractivity contribution in [2.75, 3.05) is 12.4 Å². The normalized spacial score (nSPS) is 13.3. The van der Waals surface area contributed by atoms with Gasteiger partial charge in [0.2, 0.25) is 0 Å². The van der Waals surface area contributed by atoms with E-state index in [4.69, 9.17) is 0 Å². The van der Waals surface area contributed by atoms with Crippen LogP contribution in [0.2, 0.25) is 0 Å². The summed E-state index contributed by atoms with van der Waals surface area (Å²) in [6, 6.07) is 11.7. The quantitative estimate of drug-likeness (QED) is 0.682. The number of rotatable bonds is 8. The van der Waals surface area contributed by atoms with Gasteiger partial charge in [0.15, 0.2) is 0 Å². The minimum absolute atomic E-state index is 0.335. The summed E-state index contributed by atoms with van der Waals surface area (Å²) in [7, 11) is 0. The van der Waals surface area contributed by atoms with Crippen LogP contribution in [0.4, 0.5) is 0 Å². The molecule has 3 N–H and O–H groups in total. The van der Waals surface area contributed by atoms with Crippen molar-refractivity contribution in [3.8, 4) is 0 Å². The first-order valence-corrected chi connectivity index (χ1v) is 8.98. The predicted octanol–water partition coefficient (Wildman–Crippen LogP) is 2.16. The molecule has 5 nitrogen and oxygen atoms in total. The lowest BCUT2D eigenvalue weighted by Crippen LogP contribution is -2.42. The topological polar surface area (TPSA) is 82.5 Å². The molecule has 0 aliphatic heterocycles. The van der Waals surface area contributed by atoms with Crippen molar-refractivity contribution in [1.29, 1.82) is 0 Å². The minimum atomic E-state index is -1.07. The smallest absolute Gasteiger partial charge is 0.251 e. The van der Waals surface area contributed by atoms with E-state index in [1.165, 1.54) is 0 Å². The van der Waals surface area contributed by atoms with E-state index in [1.54, 1.807) is 36.5 Å². The van der Waals surface area contributed by atoms with Gasteiger partial charge in [0.25, 0.3) is 5.91 Å². The Morgan fingerprint density at radius 1 is 1.25 bits per heavy atom. The van der Waals surface area contributed by atoms with Crippen molar-refractivity contribution in [1.82, 2.24) is 10.3 Å². The molecule has 0 spiro atoms. The minimum Gasteiger partial charge on any atom is -0.394 e. The fraction of sp³-hybridized carbons (Fsp3) is 0.333. The highest BCUT2D eigenvalue weighted by Gasteiger charge is 2.23. The maximum Gasteiger partial charge on any atom is 0.251 e. The van der Waals surface area contributed by atoms with E-state index in [0.29, 0.717) is 11.3 Å². The second kappa shape index (κ2) is 9.42. The Labute approximate surface area is 146 Å². The number of carbonyl (C=O) groups is 1. The fourth-order valence-corrected chi connectivity index (χ4v) is 2.84. The van der Waals surface area contributed by atoms with Crippen LogP contribution in [0.1, 0.15) is 34.6 Å². The molecule has 0 fully saturated rings. The third-order valence-corrected chi connectivity index (χ3v) is 4.52. The number of pyridine rings is 1. The zero-order chi connectivity index (χ0) is 17.4. The van der Waals surface area contributed by atoms with Crippen molar-refractivity contribution in [3.05, 3.63) is 65.5 Å². The van der Waals surface area contributed by atoms with Gasteiger partial charge < -0.3 is 15.5 Å². The highest BCUT2D eigenvalue weighted by molar-refractivity contribution is 7.98. The molecule has 0 aliphatic rings. The SMILES string of the molecule is CCSCc1ccc(C(=O)NC(CO)C(O)c2ccccn2)cc1. The average Bonchev–Trinajstić information content (AvgIpc) is 2.64. The zero-order valence-corrected chi connectivity index (χ0v) is 14.4. The number of hydrogen-bond donors (Lipinski definition) is 3. The van der Waals surface area contributed by atoms with Crippen molar-refractivity contribution in [3.63, 3.8) is 0 Å². The van der Waals surface area contributed by atoms with Crippen LogP contribution < -0.4 is 5.32 Å². The maximum atomic E-state index is 12.3. The fourth-order valence-electron chi connectivity index (χ4n) is 2.21. The molecule has 1 heterocycles. The average molecular weight is 346 g/mol. The number of carbonyl (C=O) groups excluding carboxylic acids is 1. The van der Waals surface area contributed by atoms with E-state index < -0.39 is 12.1 Å². The van der Waals surface area contributed by atoms with Crippen LogP contribution in [0.5, 0.6) is 0 Å². The summed E-state index contributed by atoms with van der Waals surface area (Å²) < 4.78 is 0. The monoisotopic (exact) mass is 346 g/mol. The number of nitrogens with one attached hydrogen (secondary N) is 1. The highest BCUT2D eigenvalue weighted by Crippen LogP contribution is 2.16. The van der Waals surface area contributed by atoms with Crippen LogP contribution in [0, 0.1) is 0 Å². The Kier molecular flexibility index (Phi) is 7.24. The molecule has 128 valence electrons. The molecule has 0 radical (unpaired) electrons. The molecule has 2 aromatic rings. The number of aliphatic hydroxyl groups excluding tert-OH is 2. The molecule has 2 atom stereocenters. The van der Waals surface area contributed by atoms with Crippen molar-refractivity contribution < 1.29 is 15.0 Å². The third-order valence-electron chi connectivity index (χ3n) is 3.57. The molecule has 0 aliphatic carbocycles. The van der Waals surface area contributed by atoms with E-state index in [-0.39, 0.29) is 12.5 Å². The van der Waals surface area contributed by atoms with Gasteiger partial charge in [-0.25, -0.2) is 0 Å². The van der Waals surface area contributed by atoms with E-state index in [0.717, 1.165) is 17.1 Å². The van der Waals surface area contributed by atoms with Gasteiger partial charge in [-0.3, -0.25) is 9.78 Å². The van der Waals surface area contributed by atoms with E-state index in [2.05, 4.69) is 17.2 Å². The summed E-state index contributed by atoms with van der Waals surface area (Å²) in [5, 5.41) is 22.4. The number of benzene rings is 1. The lowest BCUT2D eigenvalue weighted by atomic mass is 10.1. The first kappa shape index (κ1) is 18.4. The molecule has 2 unspecified atom stereocenters. The molecule has 1 amide bonds. The molecule has 0 bridgehead atoms. The van der Waals surface area contributed by atoms with Crippen molar-refractivity contribution in [2.45, 2.75) is 24.8 Å². The maximum absolute atomic E-state index is 12.3. The Morgan fingerprint density at radius 2 is 2.00 bits per heavy atom. The molecule has 1 aromatic heterocycles. The summed E-state index contributed by atoms with van der Waals surface area (Å²) in [4.78, 5) is 16.4. The Balaban J connectivity index is 2.01. The third kappa shape index (κ3) is 5.06. The van der Waals surface area contributed by atoms with E-state index in [1.807, 2.05) is 23.9 Å². The lowest BCUT2D eigenvalue weighted by Gasteiger charge is -2.22. The summed E-state index contributed by atoms with van der Waals surface area (Å²) >= 11 is 1.82. The molecule has 0 saturated heterocycles. The second-order valence-corrected chi connectivity index (χ2v) is 6.57. The number of aromatic nitrogens is 1. The summed E-state index contributed by atoms with van der Waals surface area (Å²) in [5.41, 5.74) is 2.06. The van der Waals surface area contributed by atoms with E-state index in [9.17, 15) is 15.0 Å². The van der Waals surface area contributed by atoms with Crippen LogP contribution >= 0.6 is 11.8 Å². The summed E-state index contributed by atoms with van der Waals surface area (Å²) in [6.07, 6.45) is 0.488. The number of thioether (sulfide) groups is 1. The molecule has 6 heteroatoms. The summed E-state index contributed by atoms with van der Waals surface area (Å²) in [6.45, 7) is 1.73. The largest absolute Gasteiger partial charge is 0.394 e. The Morgan fingerprint density at radius 3 is 2.58 bits per heavy atom. The second-order valence-electron chi connectivity index (χ2n) is 5.30. The Bertz CT molecular complexity index is 634. The van der Waals surface area contributed by atoms with Gasteiger partial charge >= 0.3 is 0 Å². The van der Waals surface area contributed by atoms with Gasteiger partial charge in [-0.15, -0.1) is 0 Å². The first-order chi connectivity index (χ1) is 11.7. The van der Waals surface area contributed by atoms with Gasteiger partial charge in [0.05, 0.1) is 18.3 Å². The number of hydrogen-bond acceptors (Lipinski definition) is 5. The molecule has 24 heavy (non-hydrogen) atoms. The summed E-state index contributed by atoms with van der Waals surface area (Å²) in [5.74, 6) is 1.63. The number of nitrogens with zero attached hydrogens (tertiary/aromatic N) is 1. The number of amides is 1. The molecular weight excluding hydrogens is 324 g/mol. The predicted molar refractivity (Wildman–Crippen MR) is 95.8 cm³/mol. The van der Waals surface area contributed by atoms with Gasteiger partial charge in [0, 0.05) is 17.5 Å². The van der Waals surface area contributed by atoms with Crippen LogP contribution in [-0.2, 0) is 5.75 Å². The van der Waals surface area contributed by atoms with Gasteiger partial charge in [-0.05, 0) is 35.6 Å². The van der Waals surface area contributed by atoms with Crippen LogP contribution in [0.15, 0.2) is 48.7 Å². The molecule has 1 aromatic carbocycles. The lowest BCUT2D eigenvalue weighted by molar-refractivity contribution is 0.0688. The zero-order valence-electron chi connectivity index (χ0n) is 13.6. The van der Waals surface area contributed by atoms with Gasteiger partial charge in [0.1, 0.15) is 6.10 Å².